The Bertz CT molecular complexity index is 3260. The van der Waals surface area contributed by atoms with Gasteiger partial charge in [-0.05, 0) is 77.2 Å². The second-order valence-corrected chi connectivity index (χ2v) is 17.6. The summed E-state index contributed by atoms with van der Waals surface area (Å²) in [6.45, 7) is 11.3. The second-order valence-electron chi connectivity index (χ2n) is 17.6. The van der Waals surface area contributed by atoms with E-state index in [1.807, 2.05) is 30.5 Å². The fourth-order valence-electron chi connectivity index (χ4n) is 9.94. The Morgan fingerprint density at radius 2 is 1.61 bits per heavy atom. The number of nitrogens with zero attached hydrogens (tertiary/aromatic N) is 4. The average molecular weight is 927 g/mol. The average Bonchev–Trinajstić information content (AvgIpc) is 3.76. The molecule has 1 atom stereocenters. The molecule has 0 radical (unpaired) electrons. The van der Waals surface area contributed by atoms with Gasteiger partial charge < -0.3 is 13.7 Å². The van der Waals surface area contributed by atoms with Gasteiger partial charge >= 0.3 is 21.1 Å². The molecule has 1 unspecified atom stereocenters. The van der Waals surface area contributed by atoms with E-state index in [-0.39, 0.29) is 37.3 Å². The van der Waals surface area contributed by atoms with Crippen LogP contribution in [0.4, 0.5) is 0 Å². The van der Waals surface area contributed by atoms with Gasteiger partial charge in [0.15, 0.2) is 0 Å². The normalized spacial score (nSPS) is 18.2. The number of aromatic nitrogens is 4. The summed E-state index contributed by atoms with van der Waals surface area (Å²) >= 11 is 0. The van der Waals surface area contributed by atoms with E-state index in [0.717, 1.165) is 96.7 Å². The zero-order valence-electron chi connectivity index (χ0n) is 35.9. The molecular weight excluding hydrogens is 880 g/mol. The molecule has 9 aromatic rings. The van der Waals surface area contributed by atoms with Crippen LogP contribution < -0.4 is 4.74 Å². The van der Waals surface area contributed by atoms with Crippen LogP contribution >= 0.6 is 0 Å². The van der Waals surface area contributed by atoms with Crippen molar-refractivity contribution >= 4 is 49.1 Å². The van der Waals surface area contributed by atoms with Crippen molar-refractivity contribution in [3.63, 3.8) is 0 Å². The van der Waals surface area contributed by atoms with Gasteiger partial charge in [-0.3, -0.25) is 4.98 Å². The molecule has 11 rings (SSSR count). The smallest absolute Gasteiger partial charge is 0.503 e. The van der Waals surface area contributed by atoms with Gasteiger partial charge in [0.25, 0.3) is 0 Å². The molecule has 5 nitrogen and oxygen atoms in total. The van der Waals surface area contributed by atoms with Crippen LogP contribution in [-0.2, 0) is 43.7 Å². The summed E-state index contributed by atoms with van der Waals surface area (Å²) in [6.07, 6.45) is 4.85. The van der Waals surface area contributed by atoms with Crippen LogP contribution in [-0.4, -0.2) is 18.9 Å². The molecule has 4 aromatic heterocycles. The Kier molecular flexibility index (Phi) is 7.12. The molecule has 0 bridgehead atoms. The summed E-state index contributed by atoms with van der Waals surface area (Å²) in [6, 6.07) is 40.3. The van der Waals surface area contributed by atoms with Crippen LogP contribution in [0.1, 0.15) is 86.4 Å². The zero-order valence-corrected chi connectivity index (χ0v) is 35.2. The number of aryl methyl sites for hydroxylation is 2. The van der Waals surface area contributed by atoms with E-state index in [1.165, 1.54) is 11.1 Å². The van der Waals surface area contributed by atoms with Gasteiger partial charge in [0.2, 0.25) is 0 Å². The van der Waals surface area contributed by atoms with Gasteiger partial charge in [0.1, 0.15) is 5.82 Å². The minimum Gasteiger partial charge on any atom is -0.503 e. The molecule has 0 amide bonds. The standard InChI is InChI=1S/C51H44N4O.Pt/c1-30-18-23-40-46-44(30)38-22-20-33(28-39(38)48-53-45-35-15-9-8-13-31(35)14-12-25-51(7,50(40,5)6)47(45)55(46)48)56-34-19-21-37-36-16-10-11-17-41(36)54(42(37)29-34)43-27-32(24-26-52-43)49(2,3)4;/h8-11,13,15-24,26-27H,12,14,25H2,1-7H3;/q-2;+2/i1D3;. The molecule has 284 valence electrons. The van der Waals surface area contributed by atoms with Gasteiger partial charge in [-0.25, -0.2) is 4.98 Å². The molecule has 0 saturated carbocycles. The molecule has 0 saturated heterocycles. The Balaban J connectivity index is 0.00000433. The first kappa shape index (κ1) is 32.8. The van der Waals surface area contributed by atoms with Crippen LogP contribution in [0.15, 0.2) is 103 Å². The number of hydrogen-bond acceptors (Lipinski definition) is 3. The summed E-state index contributed by atoms with van der Waals surface area (Å²) in [4.78, 5) is 10.4. The number of imidazole rings is 1. The number of benzene rings is 5. The van der Waals surface area contributed by atoms with Crippen molar-refractivity contribution in [3.05, 3.63) is 143 Å². The molecule has 6 heteroatoms. The van der Waals surface area contributed by atoms with E-state index in [9.17, 15) is 0 Å². The third kappa shape index (κ3) is 4.97. The van der Waals surface area contributed by atoms with Gasteiger partial charge in [-0.1, -0.05) is 124 Å². The fraction of sp³-hybridized carbons (Fsp3) is 0.255. The summed E-state index contributed by atoms with van der Waals surface area (Å²) in [5.74, 6) is 1.85. The van der Waals surface area contributed by atoms with Crippen LogP contribution in [0, 0.1) is 19.0 Å². The minimum absolute atomic E-state index is 0. The third-order valence-corrected chi connectivity index (χ3v) is 13.3. The van der Waals surface area contributed by atoms with Crippen molar-refractivity contribution in [1.29, 1.82) is 0 Å². The molecule has 5 heterocycles. The maximum Gasteiger partial charge on any atom is 2.00 e. The first-order chi connectivity index (χ1) is 28.1. The molecule has 5 aromatic carbocycles. The second kappa shape index (κ2) is 12.4. The number of rotatable bonds is 3. The topological polar surface area (TPSA) is 44.3 Å². The van der Waals surface area contributed by atoms with Gasteiger partial charge in [0.05, 0.1) is 11.3 Å². The molecule has 0 N–H and O–H groups in total. The van der Waals surface area contributed by atoms with E-state index in [2.05, 4.69) is 135 Å². The van der Waals surface area contributed by atoms with E-state index in [0.29, 0.717) is 17.1 Å². The number of para-hydroxylation sites is 1. The molecular formula is C51H44N4OPt. The maximum atomic E-state index is 8.75. The Hall–Kier alpha value is -5.25. The van der Waals surface area contributed by atoms with Crippen molar-refractivity contribution in [2.75, 3.05) is 0 Å². The van der Waals surface area contributed by atoms with Gasteiger partial charge in [0, 0.05) is 54.9 Å². The quantitative estimate of drug-likeness (QED) is 0.131. The number of hydrogen-bond donors (Lipinski definition) is 0. The Labute approximate surface area is 352 Å². The summed E-state index contributed by atoms with van der Waals surface area (Å²) in [5, 5.41) is 4.40. The van der Waals surface area contributed by atoms with Crippen LogP contribution in [0.3, 0.4) is 0 Å². The van der Waals surface area contributed by atoms with Crippen molar-refractivity contribution in [2.24, 2.45) is 0 Å². The van der Waals surface area contributed by atoms with Crippen molar-refractivity contribution in [1.82, 2.24) is 18.9 Å². The van der Waals surface area contributed by atoms with E-state index < -0.39 is 6.85 Å². The minimum atomic E-state index is -2.34. The molecule has 0 fully saturated rings. The first-order valence-corrected chi connectivity index (χ1v) is 19.7. The van der Waals surface area contributed by atoms with Crippen LogP contribution in [0.5, 0.6) is 11.5 Å². The van der Waals surface area contributed by atoms with Gasteiger partial charge in [-0.15, -0.1) is 29.7 Å². The number of pyridine rings is 2. The number of ether oxygens (including phenoxy) is 1. The molecule has 2 aliphatic rings. The van der Waals surface area contributed by atoms with Crippen LogP contribution in [0.2, 0.25) is 0 Å². The van der Waals surface area contributed by atoms with Gasteiger partial charge in [-0.2, -0.15) is 6.07 Å². The van der Waals surface area contributed by atoms with Crippen molar-refractivity contribution < 1.29 is 29.9 Å². The predicted molar refractivity (Wildman–Crippen MR) is 229 cm³/mol. The SMILES string of the molecule is [2H]C([2H])([2H])c1ccc2c3c1c1ccc(Oc4[c-]c5c(cc4)c4ccccc4n5-c4cc(C(C)(C)C)ccn4)[c-]c1c1nc4c(n13)C(C)(CCCc1ccccc1-4)C2(C)C.[Pt+2]. The molecule has 57 heavy (non-hydrogen) atoms. The molecule has 1 aliphatic heterocycles. The monoisotopic (exact) mass is 926 g/mol. The third-order valence-electron chi connectivity index (χ3n) is 13.3. The van der Waals surface area contributed by atoms with Crippen molar-refractivity contribution in [2.45, 2.75) is 83.9 Å². The van der Waals surface area contributed by atoms with Crippen molar-refractivity contribution in [3.8, 4) is 28.6 Å². The number of fused-ring (bicyclic) bond motifs is 8. The van der Waals surface area contributed by atoms with Crippen LogP contribution in [0.25, 0.3) is 66.2 Å². The summed E-state index contributed by atoms with van der Waals surface area (Å²) < 4.78 is 37.4. The van der Waals surface area contributed by atoms with E-state index >= 15 is 0 Å². The Morgan fingerprint density at radius 3 is 2.44 bits per heavy atom. The molecule has 1 aliphatic carbocycles. The molecule has 0 spiro atoms. The zero-order chi connectivity index (χ0) is 40.8. The first-order valence-electron chi connectivity index (χ1n) is 21.2. The Morgan fingerprint density at radius 1 is 0.842 bits per heavy atom. The predicted octanol–water partition coefficient (Wildman–Crippen LogP) is 12.7. The fourth-order valence-corrected chi connectivity index (χ4v) is 9.94. The van der Waals surface area contributed by atoms with E-state index in [1.54, 1.807) is 0 Å². The maximum absolute atomic E-state index is 8.75. The summed E-state index contributed by atoms with van der Waals surface area (Å²) in [7, 11) is 0. The summed E-state index contributed by atoms with van der Waals surface area (Å²) in [5.41, 5.74) is 10.1. The van der Waals surface area contributed by atoms with E-state index in [4.69, 9.17) is 18.8 Å². The largest absolute Gasteiger partial charge is 2.00 e.